The Morgan fingerprint density at radius 3 is 2.50 bits per heavy atom. The highest BCUT2D eigenvalue weighted by Gasteiger charge is 2.13. The van der Waals surface area contributed by atoms with Gasteiger partial charge in [0.05, 0.1) is 6.04 Å². The first-order chi connectivity index (χ1) is 10.6. The standard InChI is InChI=1S/C18H20BrNO2/c1-2-16(13-7-10-15(19)11-8-13)20-18(22)12-9-14-5-3-4-6-17(14)21/h3-8,10-11,16,21H,2,9,12H2,1H3,(H,20,22)/t16-/m1/s1. The molecule has 0 saturated heterocycles. The highest BCUT2D eigenvalue weighted by molar-refractivity contribution is 9.10. The molecule has 2 aromatic carbocycles. The summed E-state index contributed by atoms with van der Waals surface area (Å²) < 4.78 is 1.02. The summed E-state index contributed by atoms with van der Waals surface area (Å²) in [6, 6.07) is 15.1. The number of aromatic hydroxyl groups is 1. The SMILES string of the molecule is CC[C@@H](NC(=O)CCc1ccccc1O)c1ccc(Br)cc1. The zero-order valence-corrected chi connectivity index (χ0v) is 14.1. The number of benzene rings is 2. The highest BCUT2D eigenvalue weighted by atomic mass is 79.9. The number of halogens is 1. The molecule has 0 aliphatic rings. The van der Waals surface area contributed by atoms with Crippen molar-refractivity contribution in [2.45, 2.75) is 32.2 Å². The molecule has 0 spiro atoms. The molecule has 0 fully saturated rings. The minimum atomic E-state index is -0.00183. The van der Waals surface area contributed by atoms with Crippen molar-refractivity contribution < 1.29 is 9.90 Å². The molecule has 1 amide bonds. The maximum absolute atomic E-state index is 12.1. The predicted molar refractivity (Wildman–Crippen MR) is 91.7 cm³/mol. The maximum Gasteiger partial charge on any atom is 0.220 e. The van der Waals surface area contributed by atoms with Gasteiger partial charge in [-0.05, 0) is 42.2 Å². The minimum Gasteiger partial charge on any atom is -0.508 e. The molecule has 0 radical (unpaired) electrons. The van der Waals surface area contributed by atoms with E-state index in [0.29, 0.717) is 12.8 Å². The van der Waals surface area contributed by atoms with Gasteiger partial charge in [-0.25, -0.2) is 0 Å². The van der Waals surface area contributed by atoms with Gasteiger partial charge in [-0.15, -0.1) is 0 Å². The number of hydrogen-bond acceptors (Lipinski definition) is 2. The molecule has 0 saturated carbocycles. The molecule has 0 unspecified atom stereocenters. The van der Waals surface area contributed by atoms with E-state index in [2.05, 4.69) is 28.2 Å². The first kappa shape index (κ1) is 16.6. The van der Waals surface area contributed by atoms with Crippen molar-refractivity contribution in [1.29, 1.82) is 0 Å². The first-order valence-electron chi connectivity index (χ1n) is 7.42. The Morgan fingerprint density at radius 2 is 1.86 bits per heavy atom. The van der Waals surface area contributed by atoms with Crippen LogP contribution in [-0.2, 0) is 11.2 Å². The Bertz CT molecular complexity index is 625. The van der Waals surface area contributed by atoms with E-state index in [1.54, 1.807) is 12.1 Å². The Morgan fingerprint density at radius 1 is 1.18 bits per heavy atom. The van der Waals surface area contributed by atoms with E-state index in [1.807, 2.05) is 36.4 Å². The quantitative estimate of drug-likeness (QED) is 0.803. The molecule has 4 heteroatoms. The topological polar surface area (TPSA) is 49.3 Å². The van der Waals surface area contributed by atoms with Crippen LogP contribution in [-0.4, -0.2) is 11.0 Å². The fourth-order valence-corrected chi connectivity index (χ4v) is 2.62. The van der Waals surface area contributed by atoms with Crippen LogP contribution in [0.1, 0.15) is 36.9 Å². The maximum atomic E-state index is 12.1. The van der Waals surface area contributed by atoms with Crippen molar-refractivity contribution >= 4 is 21.8 Å². The molecule has 0 bridgehead atoms. The monoisotopic (exact) mass is 361 g/mol. The predicted octanol–water partition coefficient (Wildman–Crippen LogP) is 4.35. The number of nitrogens with one attached hydrogen (secondary N) is 1. The van der Waals surface area contributed by atoms with E-state index in [0.717, 1.165) is 22.0 Å². The summed E-state index contributed by atoms with van der Waals surface area (Å²) in [5.41, 5.74) is 1.90. The van der Waals surface area contributed by atoms with Crippen molar-refractivity contribution in [1.82, 2.24) is 5.32 Å². The van der Waals surface area contributed by atoms with Crippen molar-refractivity contribution in [3.8, 4) is 5.75 Å². The van der Waals surface area contributed by atoms with Gasteiger partial charge in [0.15, 0.2) is 0 Å². The summed E-state index contributed by atoms with van der Waals surface area (Å²) in [7, 11) is 0. The van der Waals surface area contributed by atoms with Crippen LogP contribution in [0.4, 0.5) is 0 Å². The van der Waals surface area contributed by atoms with Gasteiger partial charge in [0, 0.05) is 10.9 Å². The number of aryl methyl sites for hydroxylation is 1. The third-order valence-electron chi connectivity index (χ3n) is 3.63. The molecule has 0 aliphatic heterocycles. The number of para-hydroxylation sites is 1. The molecule has 3 nitrogen and oxygen atoms in total. The van der Waals surface area contributed by atoms with Crippen LogP contribution >= 0.6 is 15.9 Å². The molecule has 22 heavy (non-hydrogen) atoms. The number of amides is 1. The molecule has 2 N–H and O–H groups in total. The Hall–Kier alpha value is -1.81. The van der Waals surface area contributed by atoms with Crippen molar-refractivity contribution in [3.63, 3.8) is 0 Å². The molecular formula is C18H20BrNO2. The number of phenols is 1. The molecule has 0 aromatic heterocycles. The van der Waals surface area contributed by atoms with Gasteiger partial charge in [-0.2, -0.15) is 0 Å². The summed E-state index contributed by atoms with van der Waals surface area (Å²) in [5.74, 6) is 0.244. The van der Waals surface area contributed by atoms with Crippen molar-refractivity contribution in [3.05, 3.63) is 64.1 Å². The number of rotatable bonds is 6. The summed E-state index contributed by atoms with van der Waals surface area (Å²) in [6.07, 6.45) is 1.74. The van der Waals surface area contributed by atoms with E-state index >= 15 is 0 Å². The van der Waals surface area contributed by atoms with Gasteiger partial charge in [-0.3, -0.25) is 4.79 Å². The average Bonchev–Trinajstić information content (AvgIpc) is 2.53. The van der Waals surface area contributed by atoms with Gasteiger partial charge >= 0.3 is 0 Å². The second-order valence-corrected chi connectivity index (χ2v) is 6.12. The van der Waals surface area contributed by atoms with E-state index in [1.165, 1.54) is 0 Å². The van der Waals surface area contributed by atoms with Gasteiger partial charge in [0.2, 0.25) is 5.91 Å². The normalized spacial score (nSPS) is 11.9. The zero-order valence-electron chi connectivity index (χ0n) is 12.6. The van der Waals surface area contributed by atoms with Crippen LogP contribution in [0.3, 0.4) is 0 Å². The summed E-state index contributed by atoms with van der Waals surface area (Å²) in [5, 5.41) is 12.8. The van der Waals surface area contributed by atoms with Crippen LogP contribution in [0.5, 0.6) is 5.75 Å². The largest absolute Gasteiger partial charge is 0.508 e. The van der Waals surface area contributed by atoms with Crippen LogP contribution in [0, 0.1) is 0 Å². The lowest BCUT2D eigenvalue weighted by Crippen LogP contribution is -2.28. The number of carbonyl (C=O) groups is 1. The fraction of sp³-hybridized carbons (Fsp3) is 0.278. The van der Waals surface area contributed by atoms with Gasteiger partial charge in [-0.1, -0.05) is 53.2 Å². The Labute approximate surface area is 139 Å². The van der Waals surface area contributed by atoms with Gasteiger partial charge in [0.25, 0.3) is 0 Å². The third-order valence-corrected chi connectivity index (χ3v) is 4.16. The lowest BCUT2D eigenvalue weighted by atomic mass is 10.0. The van der Waals surface area contributed by atoms with E-state index in [-0.39, 0.29) is 17.7 Å². The summed E-state index contributed by atoms with van der Waals surface area (Å²) >= 11 is 3.41. The molecule has 0 aliphatic carbocycles. The van der Waals surface area contributed by atoms with Crippen LogP contribution in [0.15, 0.2) is 53.0 Å². The summed E-state index contributed by atoms with van der Waals surface area (Å²) in [4.78, 5) is 12.1. The number of phenolic OH excluding ortho intramolecular Hbond substituents is 1. The lowest BCUT2D eigenvalue weighted by Gasteiger charge is -2.17. The Kier molecular flexibility index (Phi) is 6.01. The average molecular weight is 362 g/mol. The van der Waals surface area contributed by atoms with E-state index in [4.69, 9.17) is 0 Å². The molecular weight excluding hydrogens is 342 g/mol. The number of hydrogen-bond donors (Lipinski definition) is 2. The van der Waals surface area contributed by atoms with Crippen LogP contribution in [0.25, 0.3) is 0 Å². The Balaban J connectivity index is 1.92. The smallest absolute Gasteiger partial charge is 0.220 e. The minimum absolute atomic E-state index is 0.00183. The van der Waals surface area contributed by atoms with Crippen LogP contribution < -0.4 is 5.32 Å². The van der Waals surface area contributed by atoms with Gasteiger partial charge in [0.1, 0.15) is 5.75 Å². The second-order valence-electron chi connectivity index (χ2n) is 5.21. The molecule has 0 heterocycles. The third kappa shape index (κ3) is 4.60. The fourth-order valence-electron chi connectivity index (χ4n) is 2.35. The van der Waals surface area contributed by atoms with Gasteiger partial charge < -0.3 is 10.4 Å². The molecule has 2 rings (SSSR count). The van der Waals surface area contributed by atoms with E-state index < -0.39 is 0 Å². The van der Waals surface area contributed by atoms with Crippen molar-refractivity contribution in [2.24, 2.45) is 0 Å². The zero-order chi connectivity index (χ0) is 15.9. The molecule has 116 valence electrons. The second kappa shape index (κ2) is 7.99. The molecule has 1 atom stereocenters. The number of carbonyl (C=O) groups excluding carboxylic acids is 1. The first-order valence-corrected chi connectivity index (χ1v) is 8.21. The summed E-state index contributed by atoms with van der Waals surface area (Å²) in [6.45, 7) is 2.05. The highest BCUT2D eigenvalue weighted by Crippen LogP contribution is 2.20. The van der Waals surface area contributed by atoms with Crippen molar-refractivity contribution in [2.75, 3.05) is 0 Å². The van der Waals surface area contributed by atoms with E-state index in [9.17, 15) is 9.90 Å². The van der Waals surface area contributed by atoms with Crippen LogP contribution in [0.2, 0.25) is 0 Å². The lowest BCUT2D eigenvalue weighted by molar-refractivity contribution is -0.121. The molecule has 2 aromatic rings.